The Morgan fingerprint density at radius 2 is 1.50 bits per heavy atom. The molecule has 4 aromatic rings. The number of methoxy groups -OCH3 is 1. The maximum absolute atomic E-state index is 12.5. The second kappa shape index (κ2) is 16.5. The topological polar surface area (TPSA) is 125 Å². The molecule has 0 aliphatic carbocycles. The van der Waals surface area contributed by atoms with Gasteiger partial charge in [-0.2, -0.15) is 0 Å². The van der Waals surface area contributed by atoms with Gasteiger partial charge in [0.2, 0.25) is 11.8 Å². The highest BCUT2D eigenvalue weighted by atomic mass is 16.6. The van der Waals surface area contributed by atoms with Crippen molar-refractivity contribution < 1.29 is 23.8 Å². The molecule has 0 aliphatic heterocycles. The van der Waals surface area contributed by atoms with Crippen molar-refractivity contribution in [2.45, 2.75) is 84.7 Å². The lowest BCUT2D eigenvalue weighted by Crippen LogP contribution is -2.27. The van der Waals surface area contributed by atoms with Crippen LogP contribution in [-0.4, -0.2) is 46.3 Å². The van der Waals surface area contributed by atoms with E-state index >= 15 is 0 Å². The molecule has 46 heavy (non-hydrogen) atoms. The molecule has 10 nitrogen and oxygen atoms in total. The number of carbonyl (C=O) groups is 2. The minimum absolute atomic E-state index is 0.0732. The minimum atomic E-state index is -0.607. The van der Waals surface area contributed by atoms with E-state index < -0.39 is 11.7 Å². The van der Waals surface area contributed by atoms with Crippen molar-refractivity contribution in [3.05, 3.63) is 66.7 Å². The van der Waals surface area contributed by atoms with Crippen molar-refractivity contribution in [2.75, 3.05) is 24.4 Å². The Morgan fingerprint density at radius 3 is 2.17 bits per heavy atom. The summed E-state index contributed by atoms with van der Waals surface area (Å²) >= 11 is 0. The van der Waals surface area contributed by atoms with Crippen LogP contribution in [0.15, 0.2) is 61.1 Å². The molecule has 4 rings (SSSR count). The number of hydrogen-bond donors (Lipinski definition) is 2. The number of ether oxygens (including phenoxy) is 3. The molecule has 0 spiro atoms. The van der Waals surface area contributed by atoms with E-state index in [9.17, 15) is 9.59 Å². The van der Waals surface area contributed by atoms with Crippen LogP contribution in [0.3, 0.4) is 0 Å². The number of pyridine rings is 1. The molecule has 0 radical (unpaired) electrons. The van der Waals surface area contributed by atoms with Gasteiger partial charge in [0, 0.05) is 35.3 Å². The fourth-order valence-corrected chi connectivity index (χ4v) is 4.99. The number of benzene rings is 2. The molecule has 0 aliphatic rings. The standard InChI is InChI=1S/C36H45N5O5/c1-25-28-21-27(26-18-19-33(44-5)37-23-26)22-31(34(28)39-24-38-25)45-20-14-10-8-6-7-9-11-17-32(42)40-29-15-12-13-16-30(29)41-35(43)46-36(2,3)4/h12-13,15-16,18-19,21-24H,6-11,14,17,20H2,1-5H3,(H,40,42)(H,41,43). The fourth-order valence-electron chi connectivity index (χ4n) is 4.99. The number of amides is 2. The van der Waals surface area contributed by atoms with Crippen LogP contribution in [0, 0.1) is 6.92 Å². The van der Waals surface area contributed by atoms with Gasteiger partial charge in [-0.05, 0) is 76.4 Å². The number of fused-ring (bicyclic) bond motifs is 1. The summed E-state index contributed by atoms with van der Waals surface area (Å²) in [5.41, 5.74) is 4.12. The van der Waals surface area contributed by atoms with Gasteiger partial charge in [-0.25, -0.2) is 19.7 Å². The molecule has 2 aromatic heterocycles. The van der Waals surface area contributed by atoms with Crippen molar-refractivity contribution in [3.63, 3.8) is 0 Å². The zero-order chi connectivity index (χ0) is 32.9. The third-order valence-electron chi connectivity index (χ3n) is 7.32. The molecular formula is C36H45N5O5. The van der Waals surface area contributed by atoms with Crippen molar-refractivity contribution in [1.29, 1.82) is 0 Å². The summed E-state index contributed by atoms with van der Waals surface area (Å²) in [6.07, 6.45) is 10.3. The molecule has 0 atom stereocenters. The van der Waals surface area contributed by atoms with Crippen LogP contribution in [0.1, 0.15) is 77.8 Å². The summed E-state index contributed by atoms with van der Waals surface area (Å²) in [7, 11) is 1.60. The van der Waals surface area contributed by atoms with Gasteiger partial charge in [0.15, 0.2) is 0 Å². The number of anilines is 2. The van der Waals surface area contributed by atoms with E-state index in [0.29, 0.717) is 30.3 Å². The third-order valence-corrected chi connectivity index (χ3v) is 7.32. The second-order valence-electron chi connectivity index (χ2n) is 12.2. The number of nitrogens with zero attached hydrogens (tertiary/aromatic N) is 3. The largest absolute Gasteiger partial charge is 0.491 e. The molecule has 2 heterocycles. The Labute approximate surface area is 271 Å². The quantitative estimate of drug-likeness (QED) is 0.126. The molecule has 2 amide bonds. The van der Waals surface area contributed by atoms with E-state index in [1.54, 1.807) is 58.6 Å². The first-order valence-electron chi connectivity index (χ1n) is 15.9. The fraction of sp³-hybridized carbons (Fsp3) is 0.417. The first-order chi connectivity index (χ1) is 22.1. The number of aryl methyl sites for hydroxylation is 1. The van der Waals surface area contributed by atoms with Crippen LogP contribution in [0.4, 0.5) is 16.2 Å². The lowest BCUT2D eigenvalue weighted by atomic mass is 10.0. The molecule has 0 saturated heterocycles. The normalized spacial score (nSPS) is 11.2. The number of hydrogen-bond acceptors (Lipinski definition) is 8. The Morgan fingerprint density at radius 1 is 0.804 bits per heavy atom. The molecular weight excluding hydrogens is 582 g/mol. The van der Waals surface area contributed by atoms with E-state index in [0.717, 1.165) is 78.4 Å². The van der Waals surface area contributed by atoms with Gasteiger partial charge in [-0.15, -0.1) is 0 Å². The van der Waals surface area contributed by atoms with Crippen LogP contribution in [0.25, 0.3) is 22.0 Å². The number of aromatic nitrogens is 3. The second-order valence-corrected chi connectivity index (χ2v) is 12.2. The van der Waals surface area contributed by atoms with Crippen molar-refractivity contribution in [2.24, 2.45) is 0 Å². The summed E-state index contributed by atoms with van der Waals surface area (Å²) in [5, 5.41) is 6.58. The maximum atomic E-state index is 12.5. The Kier molecular flexibility index (Phi) is 12.3. The summed E-state index contributed by atoms with van der Waals surface area (Å²) in [6.45, 7) is 7.99. The van der Waals surface area contributed by atoms with E-state index in [-0.39, 0.29) is 5.91 Å². The lowest BCUT2D eigenvalue weighted by molar-refractivity contribution is -0.116. The average Bonchev–Trinajstić information content (AvgIpc) is 3.02. The van der Waals surface area contributed by atoms with Crippen LogP contribution in [-0.2, 0) is 9.53 Å². The smallest absolute Gasteiger partial charge is 0.412 e. The number of carbonyl (C=O) groups excluding carboxylic acids is 2. The molecule has 2 N–H and O–H groups in total. The highest BCUT2D eigenvalue weighted by Crippen LogP contribution is 2.33. The van der Waals surface area contributed by atoms with E-state index in [2.05, 4.69) is 31.7 Å². The predicted octanol–water partition coefficient (Wildman–Crippen LogP) is 8.49. The summed E-state index contributed by atoms with van der Waals surface area (Å²) in [5.74, 6) is 1.24. The first-order valence-corrected chi connectivity index (χ1v) is 15.9. The van der Waals surface area contributed by atoms with Gasteiger partial charge in [0.05, 0.1) is 25.1 Å². The summed E-state index contributed by atoms with van der Waals surface area (Å²) < 4.78 is 16.8. The first kappa shape index (κ1) is 34.1. The molecule has 2 aromatic carbocycles. The highest BCUT2D eigenvalue weighted by Gasteiger charge is 2.18. The number of unbranched alkanes of at least 4 members (excludes halogenated alkanes) is 6. The number of rotatable bonds is 15. The van der Waals surface area contributed by atoms with Gasteiger partial charge in [0.25, 0.3) is 0 Å². The molecule has 0 bridgehead atoms. The van der Waals surface area contributed by atoms with Gasteiger partial charge in [0.1, 0.15) is 23.2 Å². The number of para-hydroxylation sites is 2. The van der Waals surface area contributed by atoms with Crippen LogP contribution in [0.5, 0.6) is 11.6 Å². The van der Waals surface area contributed by atoms with Crippen molar-refractivity contribution in [3.8, 4) is 22.8 Å². The van der Waals surface area contributed by atoms with Gasteiger partial charge >= 0.3 is 6.09 Å². The van der Waals surface area contributed by atoms with E-state index in [1.807, 2.05) is 31.2 Å². The zero-order valence-corrected chi connectivity index (χ0v) is 27.5. The Balaban J connectivity index is 1.15. The van der Waals surface area contributed by atoms with Crippen LogP contribution in [0.2, 0.25) is 0 Å². The van der Waals surface area contributed by atoms with Gasteiger partial charge in [-0.1, -0.05) is 44.2 Å². The van der Waals surface area contributed by atoms with Gasteiger partial charge in [-0.3, -0.25) is 10.1 Å². The van der Waals surface area contributed by atoms with E-state index in [1.165, 1.54) is 0 Å². The molecule has 0 unspecified atom stereocenters. The molecule has 0 saturated carbocycles. The third kappa shape index (κ3) is 10.4. The van der Waals surface area contributed by atoms with Gasteiger partial charge < -0.3 is 19.5 Å². The molecule has 10 heteroatoms. The summed E-state index contributed by atoms with van der Waals surface area (Å²) in [4.78, 5) is 37.9. The number of nitrogens with one attached hydrogen (secondary N) is 2. The van der Waals surface area contributed by atoms with Crippen molar-refractivity contribution >= 4 is 34.3 Å². The SMILES string of the molecule is COc1ccc(-c2cc(OCCCCCCCCCC(=O)Nc3ccccc3NC(=O)OC(C)(C)C)c3ncnc(C)c3c2)cn1. The molecule has 0 fully saturated rings. The Hall–Kier alpha value is -4.73. The highest BCUT2D eigenvalue weighted by molar-refractivity contribution is 5.97. The molecule has 244 valence electrons. The van der Waals surface area contributed by atoms with Crippen LogP contribution >= 0.6 is 0 Å². The lowest BCUT2D eigenvalue weighted by Gasteiger charge is -2.20. The maximum Gasteiger partial charge on any atom is 0.412 e. The summed E-state index contributed by atoms with van der Waals surface area (Å²) in [6, 6.07) is 15.0. The zero-order valence-electron chi connectivity index (χ0n) is 27.5. The monoisotopic (exact) mass is 627 g/mol. The average molecular weight is 628 g/mol. The predicted molar refractivity (Wildman–Crippen MR) is 181 cm³/mol. The van der Waals surface area contributed by atoms with Crippen molar-refractivity contribution in [1.82, 2.24) is 15.0 Å². The van der Waals surface area contributed by atoms with Crippen LogP contribution < -0.4 is 20.1 Å². The van der Waals surface area contributed by atoms with E-state index in [4.69, 9.17) is 14.2 Å². The Bertz CT molecular complexity index is 1600. The minimum Gasteiger partial charge on any atom is -0.491 e.